The van der Waals surface area contributed by atoms with Gasteiger partial charge in [0.15, 0.2) is 0 Å². The maximum Gasteiger partial charge on any atom is 0.416 e. The van der Waals surface area contributed by atoms with Crippen molar-refractivity contribution in [2.24, 2.45) is 0 Å². The van der Waals surface area contributed by atoms with Crippen molar-refractivity contribution >= 4 is 15.9 Å². The van der Waals surface area contributed by atoms with Gasteiger partial charge in [-0.2, -0.15) is 13.2 Å². The van der Waals surface area contributed by atoms with Crippen molar-refractivity contribution in [2.45, 2.75) is 32.4 Å². The van der Waals surface area contributed by atoms with Crippen LogP contribution in [-0.4, -0.2) is 9.97 Å². The summed E-state index contributed by atoms with van der Waals surface area (Å²) in [6.45, 7) is 5.85. The van der Waals surface area contributed by atoms with Crippen molar-refractivity contribution in [1.29, 1.82) is 0 Å². The molecule has 0 saturated heterocycles. The quantitative estimate of drug-likeness (QED) is 0.653. The molecule has 112 valence electrons. The maximum atomic E-state index is 12.8. The van der Waals surface area contributed by atoms with Gasteiger partial charge < -0.3 is 0 Å². The van der Waals surface area contributed by atoms with Gasteiger partial charge in [0.1, 0.15) is 10.4 Å². The number of hydrogen-bond donors (Lipinski definition) is 0. The van der Waals surface area contributed by atoms with Crippen LogP contribution in [0, 0.1) is 0 Å². The maximum absolute atomic E-state index is 12.8. The van der Waals surface area contributed by atoms with Crippen LogP contribution in [0.15, 0.2) is 34.9 Å². The van der Waals surface area contributed by atoms with Gasteiger partial charge in [-0.05, 0) is 34.1 Å². The van der Waals surface area contributed by atoms with Crippen LogP contribution in [0.2, 0.25) is 0 Å². The van der Waals surface area contributed by atoms with E-state index < -0.39 is 11.7 Å². The fourth-order valence-corrected chi connectivity index (χ4v) is 2.14. The Morgan fingerprint density at radius 3 is 2.24 bits per heavy atom. The molecule has 21 heavy (non-hydrogen) atoms. The minimum atomic E-state index is -4.37. The molecule has 0 aliphatic rings. The molecule has 0 unspecified atom stereocenters. The third-order valence-electron chi connectivity index (χ3n) is 2.85. The number of benzene rings is 1. The van der Waals surface area contributed by atoms with E-state index in [0.717, 1.165) is 12.1 Å². The van der Waals surface area contributed by atoms with Crippen LogP contribution < -0.4 is 0 Å². The van der Waals surface area contributed by atoms with Gasteiger partial charge in [0, 0.05) is 11.0 Å². The Morgan fingerprint density at radius 1 is 1.00 bits per heavy atom. The van der Waals surface area contributed by atoms with E-state index >= 15 is 0 Å². The number of nitrogens with zero attached hydrogens (tertiary/aromatic N) is 2. The summed E-state index contributed by atoms with van der Waals surface area (Å²) in [5, 5.41) is 0. The first-order chi connectivity index (χ1) is 9.57. The van der Waals surface area contributed by atoms with Crippen LogP contribution in [0.25, 0.3) is 11.3 Å². The Balaban J connectivity index is 2.55. The van der Waals surface area contributed by atoms with E-state index in [0.29, 0.717) is 21.7 Å². The second-order valence-electron chi connectivity index (χ2n) is 5.73. The molecule has 0 fully saturated rings. The highest BCUT2D eigenvalue weighted by Gasteiger charge is 2.30. The van der Waals surface area contributed by atoms with E-state index in [4.69, 9.17) is 0 Å². The summed E-state index contributed by atoms with van der Waals surface area (Å²) in [4.78, 5) is 8.67. The summed E-state index contributed by atoms with van der Waals surface area (Å²) < 4.78 is 38.9. The Labute approximate surface area is 129 Å². The standard InChI is InChI=1S/C15H14BrF3N2/c1-14(2,3)13-20-11(8-12(16)21-13)9-5-4-6-10(7-9)15(17,18)19/h4-8H,1-3H3. The van der Waals surface area contributed by atoms with Crippen molar-refractivity contribution in [2.75, 3.05) is 0 Å². The Kier molecular flexibility index (Phi) is 4.10. The van der Waals surface area contributed by atoms with Crippen molar-refractivity contribution < 1.29 is 13.2 Å². The van der Waals surface area contributed by atoms with Crippen LogP contribution in [0.3, 0.4) is 0 Å². The summed E-state index contributed by atoms with van der Waals surface area (Å²) in [5.74, 6) is 0.573. The molecule has 0 radical (unpaired) electrons. The molecular weight excluding hydrogens is 345 g/mol. The Morgan fingerprint density at radius 2 is 1.67 bits per heavy atom. The summed E-state index contributed by atoms with van der Waals surface area (Å²) in [6, 6.07) is 6.75. The first-order valence-corrected chi connectivity index (χ1v) is 7.09. The molecule has 0 amide bonds. The summed E-state index contributed by atoms with van der Waals surface area (Å²) in [6.07, 6.45) is -4.37. The highest BCUT2D eigenvalue weighted by molar-refractivity contribution is 9.10. The van der Waals surface area contributed by atoms with Crippen molar-refractivity contribution in [3.63, 3.8) is 0 Å². The molecule has 2 aromatic rings. The minimum absolute atomic E-state index is 0.292. The second-order valence-corrected chi connectivity index (χ2v) is 6.54. The number of aromatic nitrogens is 2. The van der Waals surface area contributed by atoms with Crippen molar-refractivity contribution in [3.8, 4) is 11.3 Å². The van der Waals surface area contributed by atoms with Crippen LogP contribution in [-0.2, 0) is 11.6 Å². The number of rotatable bonds is 1. The zero-order chi connectivity index (χ0) is 15.8. The third-order valence-corrected chi connectivity index (χ3v) is 3.26. The molecule has 6 heteroatoms. The largest absolute Gasteiger partial charge is 0.416 e. The molecule has 0 aliphatic carbocycles. The third kappa shape index (κ3) is 3.81. The average molecular weight is 359 g/mol. The summed E-state index contributed by atoms with van der Waals surface area (Å²) in [7, 11) is 0. The van der Waals surface area contributed by atoms with Gasteiger partial charge >= 0.3 is 6.18 Å². The average Bonchev–Trinajstić information content (AvgIpc) is 2.36. The van der Waals surface area contributed by atoms with Crippen LogP contribution in [0.4, 0.5) is 13.2 Å². The van der Waals surface area contributed by atoms with E-state index in [-0.39, 0.29) is 5.41 Å². The first-order valence-electron chi connectivity index (χ1n) is 6.30. The van der Waals surface area contributed by atoms with Gasteiger partial charge in [0.25, 0.3) is 0 Å². The van der Waals surface area contributed by atoms with E-state index in [2.05, 4.69) is 25.9 Å². The lowest BCUT2D eigenvalue weighted by Crippen LogP contribution is -2.16. The zero-order valence-corrected chi connectivity index (χ0v) is 13.4. The SMILES string of the molecule is CC(C)(C)c1nc(Br)cc(-c2cccc(C(F)(F)F)c2)n1. The Hall–Kier alpha value is -1.43. The van der Waals surface area contributed by atoms with Crippen LogP contribution in [0.1, 0.15) is 32.2 Å². The lowest BCUT2D eigenvalue weighted by Gasteiger charge is -2.18. The van der Waals surface area contributed by atoms with E-state index in [1.165, 1.54) is 6.07 Å². The molecule has 0 atom stereocenters. The predicted octanol–water partition coefficient (Wildman–Crippen LogP) is 5.22. The normalized spacial score (nSPS) is 12.5. The van der Waals surface area contributed by atoms with E-state index in [9.17, 15) is 13.2 Å². The minimum Gasteiger partial charge on any atom is -0.232 e. The Bertz CT molecular complexity index is 661. The summed E-state index contributed by atoms with van der Waals surface area (Å²) in [5.41, 5.74) is -0.0986. The van der Waals surface area contributed by atoms with Gasteiger partial charge in [-0.3, -0.25) is 0 Å². The summed E-state index contributed by atoms with van der Waals surface area (Å²) >= 11 is 3.29. The van der Waals surface area contributed by atoms with Crippen molar-refractivity contribution in [1.82, 2.24) is 9.97 Å². The molecule has 2 rings (SSSR count). The van der Waals surface area contributed by atoms with E-state index in [1.54, 1.807) is 12.1 Å². The fourth-order valence-electron chi connectivity index (χ4n) is 1.76. The lowest BCUT2D eigenvalue weighted by atomic mass is 9.95. The molecule has 1 aromatic carbocycles. The van der Waals surface area contributed by atoms with Gasteiger partial charge in [-0.1, -0.05) is 32.9 Å². The zero-order valence-electron chi connectivity index (χ0n) is 11.8. The molecule has 1 aromatic heterocycles. The molecule has 0 N–H and O–H groups in total. The fraction of sp³-hybridized carbons (Fsp3) is 0.333. The number of halogens is 4. The molecule has 0 aliphatic heterocycles. The second kappa shape index (κ2) is 5.40. The molecule has 1 heterocycles. The highest BCUT2D eigenvalue weighted by Crippen LogP contribution is 2.32. The molecule has 0 saturated carbocycles. The smallest absolute Gasteiger partial charge is 0.232 e. The molecule has 0 spiro atoms. The van der Waals surface area contributed by atoms with Gasteiger partial charge in [0.05, 0.1) is 11.3 Å². The van der Waals surface area contributed by atoms with Crippen LogP contribution in [0.5, 0.6) is 0 Å². The van der Waals surface area contributed by atoms with Crippen molar-refractivity contribution in [3.05, 3.63) is 46.3 Å². The highest BCUT2D eigenvalue weighted by atomic mass is 79.9. The predicted molar refractivity (Wildman–Crippen MR) is 78.9 cm³/mol. The number of hydrogen-bond acceptors (Lipinski definition) is 2. The van der Waals surface area contributed by atoms with Gasteiger partial charge in [0.2, 0.25) is 0 Å². The topological polar surface area (TPSA) is 25.8 Å². The first kappa shape index (κ1) is 15.9. The molecule has 0 bridgehead atoms. The van der Waals surface area contributed by atoms with E-state index in [1.807, 2.05) is 20.8 Å². The van der Waals surface area contributed by atoms with Gasteiger partial charge in [-0.25, -0.2) is 9.97 Å². The lowest BCUT2D eigenvalue weighted by molar-refractivity contribution is -0.137. The molecule has 2 nitrogen and oxygen atoms in total. The van der Waals surface area contributed by atoms with Gasteiger partial charge in [-0.15, -0.1) is 0 Å². The molecular formula is C15H14BrF3N2. The van der Waals surface area contributed by atoms with Crippen LogP contribution >= 0.6 is 15.9 Å². The monoisotopic (exact) mass is 358 g/mol. The number of alkyl halides is 3.